The summed E-state index contributed by atoms with van der Waals surface area (Å²) >= 11 is 0. The summed E-state index contributed by atoms with van der Waals surface area (Å²) in [7, 11) is 1.83. The zero-order valence-corrected chi connectivity index (χ0v) is 13.8. The molecule has 2 rings (SSSR count). The van der Waals surface area contributed by atoms with Gasteiger partial charge in [-0.3, -0.25) is 24.6 Å². The van der Waals surface area contributed by atoms with E-state index in [1.54, 1.807) is 6.07 Å². The molecular formula is C17H23N3O3. The first-order chi connectivity index (χ1) is 10.9. The summed E-state index contributed by atoms with van der Waals surface area (Å²) < 4.78 is 0. The van der Waals surface area contributed by atoms with Crippen molar-refractivity contribution in [3.63, 3.8) is 0 Å². The summed E-state index contributed by atoms with van der Waals surface area (Å²) in [5.74, 6) is -0.499. The number of likely N-dealkylation sites (N-methyl/N-ethyl adjacent to an activating group) is 1. The highest BCUT2D eigenvalue weighted by Gasteiger charge is 2.30. The maximum atomic E-state index is 12.0. The van der Waals surface area contributed by atoms with E-state index in [4.69, 9.17) is 0 Å². The minimum Gasteiger partial charge on any atom is -0.383 e. The summed E-state index contributed by atoms with van der Waals surface area (Å²) in [6, 6.07) is 5.41. The van der Waals surface area contributed by atoms with Crippen LogP contribution in [0, 0.1) is 0 Å². The highest BCUT2D eigenvalue weighted by atomic mass is 16.2. The molecule has 0 radical (unpaired) electrons. The van der Waals surface area contributed by atoms with Gasteiger partial charge in [0.15, 0.2) is 0 Å². The SMILES string of the molecule is CC(C)Nc1cccc(C=O)c1CN(C)C1CCC(=O)NC1=O. The molecule has 23 heavy (non-hydrogen) atoms. The van der Waals surface area contributed by atoms with E-state index in [-0.39, 0.29) is 23.9 Å². The van der Waals surface area contributed by atoms with E-state index >= 15 is 0 Å². The highest BCUT2D eigenvalue weighted by molar-refractivity contribution is 6.00. The maximum absolute atomic E-state index is 12.0. The molecule has 0 aromatic heterocycles. The first-order valence-corrected chi connectivity index (χ1v) is 7.80. The van der Waals surface area contributed by atoms with E-state index in [2.05, 4.69) is 10.6 Å². The molecule has 1 saturated heterocycles. The van der Waals surface area contributed by atoms with Crippen molar-refractivity contribution in [1.82, 2.24) is 10.2 Å². The van der Waals surface area contributed by atoms with Gasteiger partial charge in [-0.25, -0.2) is 0 Å². The van der Waals surface area contributed by atoms with Gasteiger partial charge in [-0.05, 0) is 38.9 Å². The van der Waals surface area contributed by atoms with Gasteiger partial charge in [0.05, 0.1) is 6.04 Å². The molecule has 0 bridgehead atoms. The molecule has 1 fully saturated rings. The fraction of sp³-hybridized carbons (Fsp3) is 0.471. The molecule has 0 saturated carbocycles. The topological polar surface area (TPSA) is 78.5 Å². The van der Waals surface area contributed by atoms with Gasteiger partial charge in [0.25, 0.3) is 0 Å². The summed E-state index contributed by atoms with van der Waals surface area (Å²) in [6.45, 7) is 4.51. The van der Waals surface area contributed by atoms with Crippen LogP contribution in [-0.2, 0) is 16.1 Å². The molecule has 1 unspecified atom stereocenters. The first kappa shape index (κ1) is 17.1. The summed E-state index contributed by atoms with van der Waals surface area (Å²) in [4.78, 5) is 36.5. The van der Waals surface area contributed by atoms with Crippen LogP contribution in [0.25, 0.3) is 0 Å². The lowest BCUT2D eigenvalue weighted by atomic mass is 10.0. The molecule has 1 heterocycles. The lowest BCUT2D eigenvalue weighted by Gasteiger charge is -2.30. The number of carbonyl (C=O) groups excluding carboxylic acids is 3. The number of aldehydes is 1. The average Bonchev–Trinajstić information content (AvgIpc) is 2.48. The molecule has 124 valence electrons. The number of nitrogens with one attached hydrogen (secondary N) is 2. The molecular weight excluding hydrogens is 294 g/mol. The molecule has 0 spiro atoms. The monoisotopic (exact) mass is 317 g/mol. The van der Waals surface area contributed by atoms with Crippen LogP contribution in [0.3, 0.4) is 0 Å². The van der Waals surface area contributed by atoms with Gasteiger partial charge in [-0.15, -0.1) is 0 Å². The van der Waals surface area contributed by atoms with Gasteiger partial charge in [0, 0.05) is 30.3 Å². The molecule has 1 atom stereocenters. The number of rotatable bonds is 6. The van der Waals surface area contributed by atoms with Crippen molar-refractivity contribution in [3.05, 3.63) is 29.3 Å². The Hall–Kier alpha value is -2.21. The normalized spacial score (nSPS) is 18.2. The molecule has 1 aromatic carbocycles. The van der Waals surface area contributed by atoms with Gasteiger partial charge >= 0.3 is 0 Å². The molecule has 2 N–H and O–H groups in total. The van der Waals surface area contributed by atoms with Crippen molar-refractivity contribution in [2.45, 2.75) is 45.3 Å². The molecule has 1 aromatic rings. The number of hydrogen-bond acceptors (Lipinski definition) is 5. The molecule has 6 heteroatoms. The Balaban J connectivity index is 2.22. The van der Waals surface area contributed by atoms with Crippen molar-refractivity contribution in [3.8, 4) is 0 Å². The fourth-order valence-corrected chi connectivity index (χ4v) is 2.80. The van der Waals surface area contributed by atoms with E-state index in [1.807, 2.05) is 37.9 Å². The average molecular weight is 317 g/mol. The quantitative estimate of drug-likeness (QED) is 0.615. The predicted molar refractivity (Wildman–Crippen MR) is 88.2 cm³/mol. The predicted octanol–water partition coefficient (Wildman–Crippen LogP) is 1.56. The molecule has 0 aliphatic carbocycles. The Morgan fingerprint density at radius 3 is 2.74 bits per heavy atom. The van der Waals surface area contributed by atoms with Gasteiger partial charge in [0.1, 0.15) is 6.29 Å². The Morgan fingerprint density at radius 2 is 2.13 bits per heavy atom. The third-order valence-corrected chi connectivity index (χ3v) is 3.93. The van der Waals surface area contributed by atoms with Crippen LogP contribution in [0.15, 0.2) is 18.2 Å². The fourth-order valence-electron chi connectivity index (χ4n) is 2.80. The number of benzene rings is 1. The minimum absolute atomic E-state index is 0.227. The Kier molecular flexibility index (Phi) is 5.50. The second-order valence-electron chi connectivity index (χ2n) is 6.17. The van der Waals surface area contributed by atoms with Gasteiger partial charge in [0.2, 0.25) is 11.8 Å². The Bertz CT molecular complexity index is 613. The summed E-state index contributed by atoms with van der Waals surface area (Å²) in [5, 5.41) is 5.70. The summed E-state index contributed by atoms with van der Waals surface area (Å²) in [6.07, 6.45) is 1.67. The van der Waals surface area contributed by atoms with Gasteiger partial charge < -0.3 is 5.32 Å². The zero-order valence-electron chi connectivity index (χ0n) is 13.8. The van der Waals surface area contributed by atoms with E-state index in [0.717, 1.165) is 17.5 Å². The van der Waals surface area contributed by atoms with Crippen LogP contribution in [0.4, 0.5) is 5.69 Å². The third kappa shape index (κ3) is 4.16. The minimum atomic E-state index is -0.362. The van der Waals surface area contributed by atoms with Gasteiger partial charge in [-0.2, -0.15) is 0 Å². The number of imide groups is 1. The third-order valence-electron chi connectivity index (χ3n) is 3.93. The van der Waals surface area contributed by atoms with E-state index in [0.29, 0.717) is 24.9 Å². The Morgan fingerprint density at radius 1 is 1.39 bits per heavy atom. The van der Waals surface area contributed by atoms with Gasteiger partial charge in [-0.1, -0.05) is 12.1 Å². The first-order valence-electron chi connectivity index (χ1n) is 7.80. The highest BCUT2D eigenvalue weighted by Crippen LogP contribution is 2.23. The number of nitrogens with zero attached hydrogens (tertiary/aromatic N) is 1. The number of anilines is 1. The van der Waals surface area contributed by atoms with Crippen molar-refractivity contribution in [1.29, 1.82) is 0 Å². The number of hydrogen-bond donors (Lipinski definition) is 2. The summed E-state index contributed by atoms with van der Waals surface area (Å²) in [5.41, 5.74) is 2.36. The largest absolute Gasteiger partial charge is 0.383 e. The molecule has 1 aliphatic rings. The van der Waals surface area contributed by atoms with E-state index in [1.165, 1.54) is 0 Å². The molecule has 6 nitrogen and oxygen atoms in total. The lowest BCUT2D eigenvalue weighted by Crippen LogP contribution is -2.51. The second-order valence-corrected chi connectivity index (χ2v) is 6.17. The maximum Gasteiger partial charge on any atom is 0.243 e. The number of carbonyl (C=O) groups is 3. The van der Waals surface area contributed by atoms with Crippen LogP contribution in [-0.4, -0.2) is 42.1 Å². The van der Waals surface area contributed by atoms with E-state index in [9.17, 15) is 14.4 Å². The Labute approximate surface area is 136 Å². The standard InChI is InChI=1S/C17H23N3O3/c1-11(2)18-14-6-4-5-12(10-21)13(14)9-20(3)15-7-8-16(22)19-17(15)23/h4-6,10-11,15,18H,7-9H2,1-3H3,(H,19,22,23). The zero-order chi connectivity index (χ0) is 17.0. The molecule has 2 amide bonds. The van der Waals surface area contributed by atoms with Crippen molar-refractivity contribution in [2.75, 3.05) is 12.4 Å². The number of amides is 2. The number of piperidine rings is 1. The molecule has 1 aliphatic heterocycles. The smallest absolute Gasteiger partial charge is 0.243 e. The van der Waals surface area contributed by atoms with Crippen LogP contribution in [0.5, 0.6) is 0 Å². The van der Waals surface area contributed by atoms with Crippen LogP contribution >= 0.6 is 0 Å². The lowest BCUT2D eigenvalue weighted by molar-refractivity contribution is -0.137. The second kappa shape index (κ2) is 7.37. The van der Waals surface area contributed by atoms with Crippen molar-refractivity contribution >= 4 is 23.8 Å². The van der Waals surface area contributed by atoms with Crippen LogP contribution in [0.1, 0.15) is 42.6 Å². The van der Waals surface area contributed by atoms with Crippen molar-refractivity contribution < 1.29 is 14.4 Å². The van der Waals surface area contributed by atoms with Crippen LogP contribution < -0.4 is 10.6 Å². The van der Waals surface area contributed by atoms with Crippen LogP contribution in [0.2, 0.25) is 0 Å². The van der Waals surface area contributed by atoms with E-state index < -0.39 is 0 Å². The van der Waals surface area contributed by atoms with Crippen molar-refractivity contribution in [2.24, 2.45) is 0 Å².